The summed E-state index contributed by atoms with van der Waals surface area (Å²) in [6, 6.07) is 13.1. The average molecular weight is 450 g/mol. The van der Waals surface area contributed by atoms with Crippen LogP contribution >= 0.6 is 0 Å². The molecule has 0 amide bonds. The van der Waals surface area contributed by atoms with Crippen LogP contribution < -0.4 is 15.5 Å². The van der Waals surface area contributed by atoms with Crippen LogP contribution in [0.1, 0.15) is 36.5 Å². The van der Waals surface area contributed by atoms with Crippen LogP contribution in [0.2, 0.25) is 0 Å². The van der Waals surface area contributed by atoms with Gasteiger partial charge in [0.1, 0.15) is 5.82 Å². The fraction of sp³-hybridized carbons (Fsp3) is 0.538. The SMILES string of the molecule is CCNC(=NCc1ccc(CN2CCCC2)cc1)NCc1cccnc1N1CCN(C)CC1. The van der Waals surface area contributed by atoms with E-state index in [-0.39, 0.29) is 0 Å². The van der Waals surface area contributed by atoms with Crippen LogP contribution in [0, 0.1) is 0 Å². The van der Waals surface area contributed by atoms with Crippen molar-refractivity contribution in [1.29, 1.82) is 0 Å². The third-order valence-electron chi connectivity index (χ3n) is 6.51. The summed E-state index contributed by atoms with van der Waals surface area (Å²) in [5.74, 6) is 1.93. The van der Waals surface area contributed by atoms with Crippen molar-refractivity contribution < 1.29 is 0 Å². The number of aromatic nitrogens is 1. The van der Waals surface area contributed by atoms with Crippen molar-refractivity contribution in [3.8, 4) is 0 Å². The summed E-state index contributed by atoms with van der Waals surface area (Å²) >= 11 is 0. The summed E-state index contributed by atoms with van der Waals surface area (Å²) in [6.45, 7) is 12.0. The monoisotopic (exact) mass is 449 g/mol. The topological polar surface area (TPSA) is 59.0 Å². The maximum absolute atomic E-state index is 4.83. The van der Waals surface area contributed by atoms with Crippen LogP contribution in [-0.2, 0) is 19.6 Å². The van der Waals surface area contributed by atoms with Crippen LogP contribution in [0.3, 0.4) is 0 Å². The second-order valence-electron chi connectivity index (χ2n) is 9.12. The zero-order chi connectivity index (χ0) is 22.9. The van der Waals surface area contributed by atoms with E-state index in [2.05, 4.69) is 69.6 Å². The lowest BCUT2D eigenvalue weighted by Crippen LogP contribution is -2.45. The normalized spacial score (nSPS) is 18.0. The largest absolute Gasteiger partial charge is 0.357 e. The van der Waals surface area contributed by atoms with Gasteiger partial charge in [-0.05, 0) is 57.1 Å². The molecule has 2 aromatic rings. The Morgan fingerprint density at radius 3 is 2.39 bits per heavy atom. The number of likely N-dealkylation sites (tertiary alicyclic amines) is 1. The van der Waals surface area contributed by atoms with Gasteiger partial charge >= 0.3 is 0 Å². The molecule has 2 aliphatic heterocycles. The molecule has 0 radical (unpaired) electrons. The molecule has 0 aliphatic carbocycles. The second-order valence-corrected chi connectivity index (χ2v) is 9.12. The molecule has 0 bridgehead atoms. The fourth-order valence-electron chi connectivity index (χ4n) is 4.51. The minimum absolute atomic E-state index is 0.664. The number of hydrogen-bond acceptors (Lipinski definition) is 5. The standard InChI is InChI=1S/C26H39N7/c1-3-27-26(29-19-22-8-10-23(11-9-22)21-32-13-4-5-14-32)30-20-24-7-6-12-28-25(24)33-17-15-31(2)16-18-33/h6-12H,3-5,13-21H2,1-2H3,(H2,27,29,30). The molecule has 2 fully saturated rings. The number of piperazine rings is 1. The summed E-state index contributed by atoms with van der Waals surface area (Å²) < 4.78 is 0. The molecule has 3 heterocycles. The maximum Gasteiger partial charge on any atom is 0.191 e. The molecular formula is C26H39N7. The number of benzene rings is 1. The Balaban J connectivity index is 1.34. The number of hydrogen-bond donors (Lipinski definition) is 2. The van der Waals surface area contributed by atoms with Crippen LogP contribution in [0.15, 0.2) is 47.6 Å². The number of rotatable bonds is 8. The molecule has 2 N–H and O–H groups in total. The molecule has 2 aliphatic rings. The summed E-state index contributed by atoms with van der Waals surface area (Å²) in [4.78, 5) is 16.8. The molecule has 33 heavy (non-hydrogen) atoms. The number of anilines is 1. The van der Waals surface area contributed by atoms with Crippen molar-refractivity contribution in [2.45, 2.75) is 39.4 Å². The highest BCUT2D eigenvalue weighted by atomic mass is 15.3. The van der Waals surface area contributed by atoms with E-state index in [1.807, 2.05) is 12.3 Å². The molecular weight excluding hydrogens is 410 g/mol. The summed E-state index contributed by atoms with van der Waals surface area (Å²) in [5, 5.41) is 6.89. The number of aliphatic imine (C=N–C) groups is 1. The van der Waals surface area contributed by atoms with Crippen LogP contribution in [0.25, 0.3) is 0 Å². The third-order valence-corrected chi connectivity index (χ3v) is 6.51. The Labute approximate surface area is 198 Å². The molecule has 4 rings (SSSR count). The number of likely N-dealkylation sites (N-methyl/N-ethyl adjacent to an activating group) is 1. The smallest absolute Gasteiger partial charge is 0.191 e. The highest BCUT2D eigenvalue weighted by molar-refractivity contribution is 5.79. The Bertz CT molecular complexity index is 882. The highest BCUT2D eigenvalue weighted by Crippen LogP contribution is 2.18. The van der Waals surface area contributed by atoms with E-state index in [1.165, 1.54) is 42.6 Å². The predicted molar refractivity (Wildman–Crippen MR) is 137 cm³/mol. The molecule has 0 atom stereocenters. The number of nitrogens with one attached hydrogen (secondary N) is 2. The van der Waals surface area contributed by atoms with Crippen molar-refractivity contribution >= 4 is 11.8 Å². The molecule has 0 spiro atoms. The summed E-state index contributed by atoms with van der Waals surface area (Å²) in [7, 11) is 2.18. The molecule has 7 heteroatoms. The number of nitrogens with zero attached hydrogens (tertiary/aromatic N) is 5. The first kappa shape index (κ1) is 23.5. The van der Waals surface area contributed by atoms with Gasteiger partial charge in [0.25, 0.3) is 0 Å². The fourth-order valence-corrected chi connectivity index (χ4v) is 4.51. The van der Waals surface area contributed by atoms with E-state index in [4.69, 9.17) is 9.98 Å². The summed E-state index contributed by atoms with van der Waals surface area (Å²) in [6.07, 6.45) is 4.57. The minimum atomic E-state index is 0.664. The second kappa shape index (κ2) is 12.0. The van der Waals surface area contributed by atoms with Crippen molar-refractivity contribution in [3.05, 3.63) is 59.3 Å². The van der Waals surface area contributed by atoms with Gasteiger partial charge in [0.2, 0.25) is 0 Å². The summed E-state index contributed by atoms with van der Waals surface area (Å²) in [5.41, 5.74) is 3.83. The van der Waals surface area contributed by atoms with Gasteiger partial charge in [0.05, 0.1) is 6.54 Å². The van der Waals surface area contributed by atoms with E-state index in [0.29, 0.717) is 13.1 Å². The Morgan fingerprint density at radius 2 is 1.67 bits per heavy atom. The number of pyridine rings is 1. The van der Waals surface area contributed by atoms with E-state index >= 15 is 0 Å². The van der Waals surface area contributed by atoms with Gasteiger partial charge in [-0.2, -0.15) is 0 Å². The zero-order valence-corrected chi connectivity index (χ0v) is 20.3. The van der Waals surface area contributed by atoms with Crippen molar-refractivity contribution in [1.82, 2.24) is 25.4 Å². The van der Waals surface area contributed by atoms with E-state index in [1.54, 1.807) is 0 Å². The van der Waals surface area contributed by atoms with E-state index in [0.717, 1.165) is 51.0 Å². The maximum atomic E-state index is 4.83. The quantitative estimate of drug-likeness (QED) is 0.477. The Morgan fingerprint density at radius 1 is 0.939 bits per heavy atom. The first-order valence-electron chi connectivity index (χ1n) is 12.4. The molecule has 0 unspecified atom stereocenters. The van der Waals surface area contributed by atoms with Gasteiger partial charge in [-0.3, -0.25) is 4.90 Å². The highest BCUT2D eigenvalue weighted by Gasteiger charge is 2.18. The van der Waals surface area contributed by atoms with Crippen LogP contribution in [0.5, 0.6) is 0 Å². The van der Waals surface area contributed by atoms with E-state index < -0.39 is 0 Å². The van der Waals surface area contributed by atoms with Gasteiger partial charge in [-0.25, -0.2) is 9.98 Å². The molecule has 0 saturated carbocycles. The first-order valence-corrected chi connectivity index (χ1v) is 12.4. The average Bonchev–Trinajstić information content (AvgIpc) is 3.36. The number of guanidine groups is 1. The van der Waals surface area contributed by atoms with Gasteiger partial charge < -0.3 is 20.4 Å². The Hall–Kier alpha value is -2.64. The predicted octanol–water partition coefficient (Wildman–Crippen LogP) is 2.68. The zero-order valence-electron chi connectivity index (χ0n) is 20.3. The van der Waals surface area contributed by atoms with Crippen molar-refractivity contribution in [3.63, 3.8) is 0 Å². The van der Waals surface area contributed by atoms with Gasteiger partial charge in [-0.15, -0.1) is 0 Å². The minimum Gasteiger partial charge on any atom is -0.357 e. The molecule has 1 aromatic carbocycles. The van der Waals surface area contributed by atoms with Crippen molar-refractivity contribution in [2.24, 2.45) is 4.99 Å². The first-order chi connectivity index (χ1) is 16.2. The molecule has 7 nitrogen and oxygen atoms in total. The van der Waals surface area contributed by atoms with Gasteiger partial charge in [0, 0.05) is 57.6 Å². The van der Waals surface area contributed by atoms with Crippen molar-refractivity contribution in [2.75, 3.05) is 57.8 Å². The Kier molecular flexibility index (Phi) is 8.55. The molecule has 2 saturated heterocycles. The lowest BCUT2D eigenvalue weighted by atomic mass is 10.1. The van der Waals surface area contributed by atoms with Crippen LogP contribution in [-0.4, -0.2) is 73.6 Å². The molecule has 1 aromatic heterocycles. The lowest BCUT2D eigenvalue weighted by Gasteiger charge is -2.34. The van der Waals surface area contributed by atoms with Crippen LogP contribution in [0.4, 0.5) is 5.82 Å². The van der Waals surface area contributed by atoms with E-state index in [9.17, 15) is 0 Å². The van der Waals surface area contributed by atoms with Gasteiger partial charge in [-0.1, -0.05) is 30.3 Å². The lowest BCUT2D eigenvalue weighted by molar-refractivity contribution is 0.312. The molecule has 178 valence electrons. The van der Waals surface area contributed by atoms with Gasteiger partial charge in [0.15, 0.2) is 5.96 Å². The third kappa shape index (κ3) is 6.92.